The van der Waals surface area contributed by atoms with Gasteiger partial charge in [-0.25, -0.2) is 0 Å². The Kier molecular flexibility index (Phi) is 4.19. The van der Waals surface area contributed by atoms with Crippen LogP contribution in [0.1, 0.15) is 15.9 Å². The molecule has 0 fully saturated rings. The molecule has 1 N–H and O–H groups in total. The predicted molar refractivity (Wildman–Crippen MR) is 93.2 cm³/mol. The number of amides is 1. The fourth-order valence-corrected chi connectivity index (χ4v) is 2.40. The van der Waals surface area contributed by atoms with E-state index in [9.17, 15) is 4.79 Å². The van der Waals surface area contributed by atoms with Crippen LogP contribution in [0.25, 0.3) is 5.69 Å². The first-order chi connectivity index (χ1) is 10.6. The van der Waals surface area contributed by atoms with Crippen molar-refractivity contribution in [3.63, 3.8) is 0 Å². The van der Waals surface area contributed by atoms with E-state index in [1.165, 1.54) is 0 Å². The lowest BCUT2D eigenvalue weighted by molar-refractivity contribution is 0.102. The van der Waals surface area contributed by atoms with Gasteiger partial charge in [0.25, 0.3) is 5.91 Å². The molecule has 0 unspecified atom stereocenters. The minimum Gasteiger partial charge on any atom is -0.322 e. The first-order valence-electron chi connectivity index (χ1n) is 6.66. The molecule has 0 saturated heterocycles. The number of aromatic nitrogens is 3. The van der Waals surface area contributed by atoms with Crippen molar-refractivity contribution in [3.05, 3.63) is 69.8 Å². The van der Waals surface area contributed by atoms with Crippen molar-refractivity contribution in [2.24, 2.45) is 0 Å². The van der Waals surface area contributed by atoms with Crippen LogP contribution in [0.4, 0.5) is 5.69 Å². The van der Waals surface area contributed by atoms with E-state index in [1.807, 2.05) is 49.4 Å². The van der Waals surface area contributed by atoms with Gasteiger partial charge in [0.1, 0.15) is 12.7 Å². The lowest BCUT2D eigenvalue weighted by Crippen LogP contribution is -2.12. The Morgan fingerprint density at radius 2 is 1.91 bits per heavy atom. The summed E-state index contributed by atoms with van der Waals surface area (Å²) in [6.45, 7) is 1.99. The van der Waals surface area contributed by atoms with Crippen molar-refractivity contribution in [3.8, 4) is 5.69 Å². The fourth-order valence-electron chi connectivity index (χ4n) is 2.07. The van der Waals surface area contributed by atoms with E-state index >= 15 is 0 Å². The van der Waals surface area contributed by atoms with Crippen molar-refractivity contribution < 1.29 is 4.79 Å². The first-order valence-corrected chi connectivity index (χ1v) is 7.74. The zero-order chi connectivity index (χ0) is 15.5. The average Bonchev–Trinajstić information content (AvgIpc) is 3.04. The van der Waals surface area contributed by atoms with Crippen LogP contribution in [-0.2, 0) is 0 Å². The average molecular weight is 404 g/mol. The van der Waals surface area contributed by atoms with E-state index in [4.69, 9.17) is 0 Å². The van der Waals surface area contributed by atoms with E-state index < -0.39 is 0 Å². The molecular weight excluding hydrogens is 391 g/mol. The van der Waals surface area contributed by atoms with Gasteiger partial charge in [0.05, 0.1) is 5.69 Å². The summed E-state index contributed by atoms with van der Waals surface area (Å²) in [6.07, 6.45) is 3.23. The van der Waals surface area contributed by atoms with Crippen LogP contribution in [0, 0.1) is 10.5 Å². The number of carbonyl (C=O) groups is 1. The van der Waals surface area contributed by atoms with Gasteiger partial charge in [-0.3, -0.25) is 9.36 Å². The lowest BCUT2D eigenvalue weighted by atomic mass is 10.1. The van der Waals surface area contributed by atoms with Gasteiger partial charge < -0.3 is 5.32 Å². The van der Waals surface area contributed by atoms with E-state index in [1.54, 1.807) is 17.2 Å². The molecule has 6 heteroatoms. The van der Waals surface area contributed by atoms with Crippen molar-refractivity contribution in [2.45, 2.75) is 6.92 Å². The molecule has 3 aromatic rings. The minimum atomic E-state index is -0.125. The Labute approximate surface area is 141 Å². The van der Waals surface area contributed by atoms with Crippen molar-refractivity contribution in [1.29, 1.82) is 0 Å². The number of hydrogen-bond donors (Lipinski definition) is 1. The number of halogens is 1. The monoisotopic (exact) mass is 404 g/mol. The summed E-state index contributed by atoms with van der Waals surface area (Å²) in [7, 11) is 0. The van der Waals surface area contributed by atoms with Crippen molar-refractivity contribution in [2.75, 3.05) is 5.32 Å². The largest absolute Gasteiger partial charge is 0.322 e. The number of nitrogens with one attached hydrogen (secondary N) is 1. The van der Waals surface area contributed by atoms with E-state index in [2.05, 4.69) is 38.1 Å². The zero-order valence-electron chi connectivity index (χ0n) is 11.8. The molecule has 0 spiro atoms. The van der Waals surface area contributed by atoms with Gasteiger partial charge in [0, 0.05) is 14.8 Å². The van der Waals surface area contributed by atoms with Crippen molar-refractivity contribution in [1.82, 2.24) is 14.8 Å². The molecule has 1 amide bonds. The summed E-state index contributed by atoms with van der Waals surface area (Å²) in [6, 6.07) is 13.2. The number of hydrogen-bond acceptors (Lipinski definition) is 3. The summed E-state index contributed by atoms with van der Waals surface area (Å²) in [4.78, 5) is 12.3. The number of benzene rings is 2. The normalized spacial score (nSPS) is 10.5. The van der Waals surface area contributed by atoms with Crippen LogP contribution in [0.3, 0.4) is 0 Å². The predicted octanol–water partition coefficient (Wildman–Crippen LogP) is 3.43. The number of carbonyl (C=O) groups excluding carboxylic acids is 1. The lowest BCUT2D eigenvalue weighted by Gasteiger charge is -2.08. The molecule has 0 saturated carbocycles. The van der Waals surface area contributed by atoms with Crippen molar-refractivity contribution >= 4 is 34.2 Å². The third kappa shape index (κ3) is 3.16. The van der Waals surface area contributed by atoms with Crippen LogP contribution >= 0.6 is 22.6 Å². The maximum absolute atomic E-state index is 12.3. The Morgan fingerprint density at radius 3 is 2.64 bits per heavy atom. The van der Waals surface area contributed by atoms with Gasteiger partial charge in [-0.2, -0.15) is 0 Å². The molecule has 0 aliphatic heterocycles. The van der Waals surface area contributed by atoms with Crippen LogP contribution in [0.15, 0.2) is 55.1 Å². The quantitative estimate of drug-likeness (QED) is 0.681. The van der Waals surface area contributed by atoms with Crippen LogP contribution < -0.4 is 5.32 Å². The zero-order valence-corrected chi connectivity index (χ0v) is 14.0. The second-order valence-electron chi connectivity index (χ2n) is 4.84. The molecule has 0 bridgehead atoms. The Balaban J connectivity index is 1.82. The van der Waals surface area contributed by atoms with Crippen LogP contribution in [-0.4, -0.2) is 20.7 Å². The van der Waals surface area contributed by atoms with Crippen LogP contribution in [0.2, 0.25) is 0 Å². The molecule has 22 heavy (non-hydrogen) atoms. The second-order valence-corrected chi connectivity index (χ2v) is 6.00. The highest BCUT2D eigenvalue weighted by Gasteiger charge is 2.08. The highest BCUT2D eigenvalue weighted by atomic mass is 127. The molecule has 0 aliphatic rings. The molecule has 0 atom stereocenters. The topological polar surface area (TPSA) is 59.8 Å². The van der Waals surface area contributed by atoms with Crippen LogP contribution in [0.5, 0.6) is 0 Å². The van der Waals surface area contributed by atoms with Gasteiger partial charge in [0.15, 0.2) is 0 Å². The highest BCUT2D eigenvalue weighted by Crippen LogP contribution is 2.17. The van der Waals surface area contributed by atoms with Gasteiger partial charge in [-0.05, 0) is 71.5 Å². The standard InChI is InChI=1S/C16H13IN4O/c1-11-7-12(5-6-15(11)17)16(22)20-13-3-2-4-14(8-13)21-9-18-19-10-21/h2-10H,1H3,(H,20,22). The number of anilines is 1. The number of nitrogens with zero attached hydrogens (tertiary/aromatic N) is 3. The summed E-state index contributed by atoms with van der Waals surface area (Å²) < 4.78 is 2.92. The molecule has 5 nitrogen and oxygen atoms in total. The molecule has 0 radical (unpaired) electrons. The highest BCUT2D eigenvalue weighted by molar-refractivity contribution is 14.1. The molecular formula is C16H13IN4O. The molecule has 110 valence electrons. The second kappa shape index (κ2) is 6.27. The molecule has 1 heterocycles. The van der Waals surface area contributed by atoms with E-state index in [0.717, 1.165) is 20.5 Å². The number of aryl methyl sites for hydroxylation is 1. The van der Waals surface area contributed by atoms with Gasteiger partial charge in [-0.15, -0.1) is 10.2 Å². The number of rotatable bonds is 3. The Morgan fingerprint density at radius 1 is 1.14 bits per heavy atom. The summed E-state index contributed by atoms with van der Waals surface area (Å²) >= 11 is 2.25. The molecule has 2 aromatic carbocycles. The smallest absolute Gasteiger partial charge is 0.255 e. The van der Waals surface area contributed by atoms with E-state index in [-0.39, 0.29) is 5.91 Å². The third-order valence-corrected chi connectivity index (χ3v) is 4.45. The molecule has 3 rings (SSSR count). The summed E-state index contributed by atoms with van der Waals surface area (Å²) in [5.74, 6) is -0.125. The van der Waals surface area contributed by atoms with E-state index in [0.29, 0.717) is 5.56 Å². The third-order valence-electron chi connectivity index (χ3n) is 3.24. The first kappa shape index (κ1) is 14.7. The Bertz CT molecular complexity index is 815. The van der Waals surface area contributed by atoms with Gasteiger partial charge in [0.2, 0.25) is 0 Å². The van der Waals surface area contributed by atoms with Gasteiger partial charge in [-0.1, -0.05) is 6.07 Å². The SMILES string of the molecule is Cc1cc(C(=O)Nc2cccc(-n3cnnc3)c2)ccc1I. The molecule has 1 aromatic heterocycles. The fraction of sp³-hybridized carbons (Fsp3) is 0.0625. The van der Waals surface area contributed by atoms with Gasteiger partial charge >= 0.3 is 0 Å². The Hall–Kier alpha value is -2.22. The maximum atomic E-state index is 12.3. The maximum Gasteiger partial charge on any atom is 0.255 e. The minimum absolute atomic E-state index is 0.125. The summed E-state index contributed by atoms with van der Waals surface area (Å²) in [5.41, 5.74) is 3.35. The molecule has 0 aliphatic carbocycles. The summed E-state index contributed by atoms with van der Waals surface area (Å²) in [5, 5.41) is 10.5.